The molecule has 3 N–H and O–H groups in total. The highest BCUT2D eigenvalue weighted by atomic mass is 19.4. The second-order valence-electron chi connectivity index (χ2n) is 5.87. The Kier molecular flexibility index (Phi) is 6.37. The lowest BCUT2D eigenvalue weighted by atomic mass is 10.2. The summed E-state index contributed by atoms with van der Waals surface area (Å²) in [5.74, 6) is -2.32. The molecule has 0 atom stereocenters. The maximum atomic E-state index is 12.4. The van der Waals surface area contributed by atoms with Gasteiger partial charge in [-0.1, -0.05) is 0 Å². The van der Waals surface area contributed by atoms with Crippen LogP contribution in [0.3, 0.4) is 0 Å². The maximum Gasteiger partial charge on any atom is 0.490 e. The van der Waals surface area contributed by atoms with Gasteiger partial charge in [0.1, 0.15) is 6.61 Å². The largest absolute Gasteiger partial charge is 0.490 e. The van der Waals surface area contributed by atoms with Crippen LogP contribution in [0.4, 0.5) is 17.6 Å². The van der Waals surface area contributed by atoms with E-state index in [-0.39, 0.29) is 19.1 Å². The van der Waals surface area contributed by atoms with Crippen LogP contribution in [0.1, 0.15) is 28.9 Å². The van der Waals surface area contributed by atoms with Gasteiger partial charge in [0.05, 0.1) is 24.1 Å². The van der Waals surface area contributed by atoms with E-state index in [2.05, 4.69) is 4.98 Å². The average Bonchev–Trinajstić information content (AvgIpc) is 3.40. The third kappa shape index (κ3) is 5.39. The third-order valence-electron chi connectivity index (χ3n) is 3.81. The Hall–Kier alpha value is -2.69. The molecule has 1 amide bonds. The predicted octanol–water partition coefficient (Wildman–Crippen LogP) is 2.02. The second-order valence-corrected chi connectivity index (χ2v) is 5.87. The van der Waals surface area contributed by atoms with Crippen LogP contribution in [0.2, 0.25) is 0 Å². The number of aliphatic carboxylic acids is 1. The zero-order valence-corrected chi connectivity index (χ0v) is 14.0. The Morgan fingerprint density at radius 1 is 1.41 bits per heavy atom. The summed E-state index contributed by atoms with van der Waals surface area (Å²) in [7, 11) is 0. The standard InChI is InChI=1S/C14H16FN3O2.C2HF3O2/c15-5-9(6-16)8-20-13-4-3-11-12(17-13)7-18(14(11)19)10-1-2-10;3-2(4,5)1(6)7/h3-5,10H,1-2,6-8,16H2;(H,6,7)/b9-5+;. The number of nitrogens with zero attached hydrogens (tertiary/aromatic N) is 2. The van der Waals surface area contributed by atoms with Gasteiger partial charge >= 0.3 is 12.1 Å². The fourth-order valence-electron chi connectivity index (χ4n) is 2.25. The molecular weight excluding hydrogens is 374 g/mol. The van der Waals surface area contributed by atoms with Crippen molar-refractivity contribution in [2.24, 2.45) is 5.73 Å². The van der Waals surface area contributed by atoms with Crippen molar-refractivity contribution in [3.05, 3.63) is 35.3 Å². The number of amides is 1. The van der Waals surface area contributed by atoms with Gasteiger partial charge in [0.15, 0.2) is 0 Å². The van der Waals surface area contributed by atoms with Crippen LogP contribution in [0.25, 0.3) is 0 Å². The topological polar surface area (TPSA) is 106 Å². The number of fused-ring (bicyclic) bond motifs is 1. The zero-order chi connectivity index (χ0) is 20.2. The number of carbonyl (C=O) groups excluding carboxylic acids is 1. The van der Waals surface area contributed by atoms with E-state index in [1.165, 1.54) is 0 Å². The van der Waals surface area contributed by atoms with Crippen molar-refractivity contribution in [1.29, 1.82) is 0 Å². The summed E-state index contributed by atoms with van der Waals surface area (Å²) in [6, 6.07) is 3.74. The van der Waals surface area contributed by atoms with Gasteiger partial charge in [-0.25, -0.2) is 14.2 Å². The van der Waals surface area contributed by atoms with Crippen molar-refractivity contribution in [2.75, 3.05) is 13.2 Å². The van der Waals surface area contributed by atoms with Gasteiger partial charge in [-0.05, 0) is 18.9 Å². The summed E-state index contributed by atoms with van der Waals surface area (Å²) in [6.07, 6.45) is -2.49. The first-order valence-corrected chi connectivity index (χ1v) is 7.89. The molecule has 1 aromatic rings. The predicted molar refractivity (Wildman–Crippen MR) is 84.6 cm³/mol. The number of carboxylic acids is 1. The number of hydrogen-bond donors (Lipinski definition) is 2. The fraction of sp³-hybridized carbons (Fsp3) is 0.438. The Bertz CT molecular complexity index is 748. The molecular formula is C16H17F4N3O4. The van der Waals surface area contributed by atoms with Gasteiger partial charge in [0.2, 0.25) is 5.88 Å². The fourth-order valence-corrected chi connectivity index (χ4v) is 2.25. The molecule has 2 heterocycles. The Morgan fingerprint density at radius 3 is 2.52 bits per heavy atom. The number of ether oxygens (including phenoxy) is 1. The molecule has 3 rings (SSSR count). The minimum atomic E-state index is -5.08. The molecule has 1 aliphatic carbocycles. The zero-order valence-electron chi connectivity index (χ0n) is 14.0. The van der Waals surface area contributed by atoms with Gasteiger partial charge in [0, 0.05) is 24.2 Å². The summed E-state index contributed by atoms with van der Waals surface area (Å²) in [5, 5.41) is 7.12. The first kappa shape index (κ1) is 20.6. The van der Waals surface area contributed by atoms with Gasteiger partial charge in [0.25, 0.3) is 5.91 Å². The average molecular weight is 391 g/mol. The highest BCUT2D eigenvalue weighted by Gasteiger charge is 2.39. The summed E-state index contributed by atoms with van der Waals surface area (Å²) in [4.78, 5) is 27.2. The van der Waals surface area contributed by atoms with E-state index in [0.717, 1.165) is 18.5 Å². The van der Waals surface area contributed by atoms with Gasteiger partial charge in [-0.2, -0.15) is 13.2 Å². The van der Waals surface area contributed by atoms with Crippen molar-refractivity contribution in [1.82, 2.24) is 9.88 Å². The minimum absolute atomic E-state index is 0.0489. The van der Waals surface area contributed by atoms with Crippen LogP contribution in [0.5, 0.6) is 5.88 Å². The molecule has 0 saturated heterocycles. The van der Waals surface area contributed by atoms with Crippen molar-refractivity contribution < 1.29 is 37.0 Å². The first-order chi connectivity index (χ1) is 12.7. The van der Waals surface area contributed by atoms with Crippen LogP contribution < -0.4 is 10.5 Å². The molecule has 148 valence electrons. The monoisotopic (exact) mass is 391 g/mol. The number of carboxylic acid groups (broad SMARTS) is 1. The van der Waals surface area contributed by atoms with Gasteiger partial charge < -0.3 is 20.5 Å². The van der Waals surface area contributed by atoms with E-state index >= 15 is 0 Å². The maximum absolute atomic E-state index is 12.4. The number of pyridine rings is 1. The Balaban J connectivity index is 0.000000321. The Labute approximate surface area is 151 Å². The van der Waals surface area contributed by atoms with E-state index in [1.54, 1.807) is 12.1 Å². The smallest absolute Gasteiger partial charge is 0.475 e. The van der Waals surface area contributed by atoms with Crippen molar-refractivity contribution in [3.8, 4) is 5.88 Å². The van der Waals surface area contributed by atoms with Gasteiger partial charge in [-0.3, -0.25) is 4.79 Å². The number of carbonyl (C=O) groups is 2. The summed E-state index contributed by atoms with van der Waals surface area (Å²) in [6.45, 7) is 0.715. The molecule has 7 nitrogen and oxygen atoms in total. The van der Waals surface area contributed by atoms with E-state index in [9.17, 15) is 22.4 Å². The molecule has 0 aromatic carbocycles. The number of hydrogen-bond acceptors (Lipinski definition) is 5. The van der Waals surface area contributed by atoms with Crippen LogP contribution in [-0.2, 0) is 11.3 Å². The number of aromatic nitrogens is 1. The highest BCUT2D eigenvalue weighted by Crippen LogP contribution is 2.34. The highest BCUT2D eigenvalue weighted by molar-refractivity contribution is 5.98. The molecule has 0 bridgehead atoms. The SMILES string of the molecule is NC/C(=C\F)COc1ccc2c(n1)CN(C1CC1)C2=O.O=C(O)C(F)(F)F. The number of rotatable bonds is 5. The first-order valence-electron chi connectivity index (χ1n) is 7.89. The van der Waals surface area contributed by atoms with Crippen molar-refractivity contribution >= 4 is 11.9 Å². The van der Waals surface area contributed by atoms with Crippen LogP contribution in [-0.4, -0.2) is 52.2 Å². The number of alkyl halides is 3. The van der Waals surface area contributed by atoms with Gasteiger partial charge in [-0.15, -0.1) is 0 Å². The molecule has 1 aliphatic heterocycles. The quantitative estimate of drug-likeness (QED) is 0.744. The van der Waals surface area contributed by atoms with E-state index < -0.39 is 12.1 Å². The van der Waals surface area contributed by atoms with E-state index in [4.69, 9.17) is 20.4 Å². The molecule has 27 heavy (non-hydrogen) atoms. The van der Waals surface area contributed by atoms with Crippen LogP contribution >= 0.6 is 0 Å². The summed E-state index contributed by atoms with van der Waals surface area (Å²) in [5.41, 5.74) is 7.10. The number of halogens is 4. The molecule has 1 aromatic heterocycles. The minimum Gasteiger partial charge on any atom is -0.475 e. The van der Waals surface area contributed by atoms with Crippen LogP contribution in [0, 0.1) is 0 Å². The normalized spacial score (nSPS) is 16.6. The molecule has 0 unspecified atom stereocenters. The second kappa shape index (κ2) is 8.33. The lowest BCUT2D eigenvalue weighted by Crippen LogP contribution is -2.25. The van der Waals surface area contributed by atoms with Crippen LogP contribution in [0.15, 0.2) is 24.0 Å². The molecule has 0 spiro atoms. The summed E-state index contributed by atoms with van der Waals surface area (Å²) >= 11 is 0. The summed E-state index contributed by atoms with van der Waals surface area (Å²) < 4.78 is 49.5. The van der Waals surface area contributed by atoms with E-state index in [0.29, 0.717) is 35.9 Å². The molecule has 2 aliphatic rings. The molecule has 1 saturated carbocycles. The lowest BCUT2D eigenvalue weighted by molar-refractivity contribution is -0.192. The van der Waals surface area contributed by atoms with Crippen molar-refractivity contribution in [3.63, 3.8) is 0 Å². The van der Waals surface area contributed by atoms with E-state index in [1.807, 2.05) is 4.90 Å². The number of nitrogens with two attached hydrogens (primary N) is 1. The molecule has 1 fully saturated rings. The van der Waals surface area contributed by atoms with Crippen molar-refractivity contribution in [2.45, 2.75) is 31.6 Å². The Morgan fingerprint density at radius 2 is 2.04 bits per heavy atom. The third-order valence-corrected chi connectivity index (χ3v) is 3.81. The molecule has 11 heteroatoms. The molecule has 0 radical (unpaired) electrons. The lowest BCUT2D eigenvalue weighted by Gasteiger charge is -2.12.